The quantitative estimate of drug-likeness (QED) is 0.549. The summed E-state index contributed by atoms with van der Waals surface area (Å²) < 4.78 is 52.1. The molecule has 0 aromatic heterocycles. The van der Waals surface area contributed by atoms with Crippen molar-refractivity contribution in [3.8, 4) is 0 Å². The molecule has 2 atom stereocenters. The minimum atomic E-state index is -2.32. The average Bonchev–Trinajstić information content (AvgIpc) is 2.25. The number of nitrogens with two attached hydrogens (primary N) is 1. The minimum absolute atomic E-state index is 0.0403. The smallest absolute Gasteiger partial charge is 0.220 e. The lowest BCUT2D eigenvalue weighted by Gasteiger charge is -2.18. The molecule has 0 heterocycles. The lowest BCUT2D eigenvalue weighted by atomic mass is 10.0. The highest BCUT2D eigenvalue weighted by molar-refractivity contribution is 5.74. The molecule has 0 spiro atoms. The van der Waals surface area contributed by atoms with Crippen molar-refractivity contribution in [1.82, 2.24) is 0 Å². The van der Waals surface area contributed by atoms with Gasteiger partial charge in [-0.05, 0) is 0 Å². The number of hydrogen-bond acceptors (Lipinski definition) is 3. The Balaban J connectivity index is 3.20. The number of rotatable bonds is 4. The van der Waals surface area contributed by atoms with E-state index in [1.165, 1.54) is 0 Å². The lowest BCUT2D eigenvalue weighted by Crippen LogP contribution is -2.27. The third-order valence-corrected chi connectivity index (χ3v) is 2.22. The van der Waals surface area contributed by atoms with Gasteiger partial charge in [-0.1, -0.05) is 0 Å². The molecule has 0 saturated heterocycles. The van der Waals surface area contributed by atoms with Crippen LogP contribution in [0, 0.1) is 23.3 Å². The first kappa shape index (κ1) is 14.4. The van der Waals surface area contributed by atoms with Gasteiger partial charge in [0.1, 0.15) is 6.10 Å². The van der Waals surface area contributed by atoms with Crippen LogP contribution in [0.3, 0.4) is 0 Å². The molecule has 0 aliphatic carbocycles. The summed E-state index contributed by atoms with van der Waals surface area (Å²) in [5, 5.41) is 18.6. The topological polar surface area (TPSA) is 83.6 Å². The normalized spacial score (nSPS) is 14.3. The van der Waals surface area contributed by atoms with Crippen LogP contribution in [0.25, 0.3) is 0 Å². The summed E-state index contributed by atoms with van der Waals surface area (Å²) in [7, 11) is 0. The molecule has 2 unspecified atom stereocenters. The monoisotopic (exact) mass is 267 g/mol. The molecular weight excluding hydrogens is 258 g/mol. The number of primary amides is 1. The number of benzene rings is 1. The lowest BCUT2D eigenvalue weighted by molar-refractivity contribution is -0.121. The van der Waals surface area contributed by atoms with Gasteiger partial charge in [-0.2, -0.15) is 0 Å². The second kappa shape index (κ2) is 5.32. The summed E-state index contributed by atoms with van der Waals surface area (Å²) in [6.45, 7) is 0. The molecular formula is C10H9F4NO3. The summed E-state index contributed by atoms with van der Waals surface area (Å²) in [6, 6.07) is -0.0403. The zero-order valence-electron chi connectivity index (χ0n) is 8.83. The van der Waals surface area contributed by atoms with Crippen molar-refractivity contribution < 1.29 is 32.6 Å². The Morgan fingerprint density at radius 1 is 1.17 bits per heavy atom. The van der Waals surface area contributed by atoms with Gasteiger partial charge in [0.25, 0.3) is 0 Å². The number of aliphatic hydroxyl groups is 2. The molecule has 1 amide bonds. The van der Waals surface area contributed by atoms with Crippen LogP contribution in [0.2, 0.25) is 0 Å². The van der Waals surface area contributed by atoms with E-state index >= 15 is 0 Å². The Kier molecular flexibility index (Phi) is 4.25. The fourth-order valence-electron chi connectivity index (χ4n) is 1.36. The predicted molar refractivity (Wildman–Crippen MR) is 51.1 cm³/mol. The number of amides is 1. The first-order valence-electron chi connectivity index (χ1n) is 4.73. The van der Waals surface area contributed by atoms with E-state index in [4.69, 9.17) is 5.73 Å². The SMILES string of the molecule is NC(=O)CC(O)C(O)c1c(F)c(F)cc(F)c1F. The molecule has 4 N–H and O–H groups in total. The molecule has 1 aromatic rings. The number of aliphatic hydroxyl groups excluding tert-OH is 2. The first-order chi connectivity index (χ1) is 8.25. The molecule has 8 heteroatoms. The maximum Gasteiger partial charge on any atom is 0.220 e. The number of hydrogen-bond donors (Lipinski definition) is 3. The fourth-order valence-corrected chi connectivity index (χ4v) is 1.36. The van der Waals surface area contributed by atoms with Crippen molar-refractivity contribution >= 4 is 5.91 Å². The predicted octanol–water partition coefficient (Wildman–Crippen LogP) is 0.513. The van der Waals surface area contributed by atoms with Crippen LogP contribution in [0.4, 0.5) is 17.6 Å². The second-order valence-corrected chi connectivity index (χ2v) is 3.56. The highest BCUT2D eigenvalue weighted by atomic mass is 19.2. The van der Waals surface area contributed by atoms with Crippen molar-refractivity contribution in [2.24, 2.45) is 5.73 Å². The Morgan fingerprint density at radius 3 is 2.00 bits per heavy atom. The zero-order valence-corrected chi connectivity index (χ0v) is 8.83. The molecule has 0 bridgehead atoms. The Hall–Kier alpha value is -1.67. The van der Waals surface area contributed by atoms with Crippen LogP contribution in [0.5, 0.6) is 0 Å². The second-order valence-electron chi connectivity index (χ2n) is 3.56. The maximum absolute atomic E-state index is 13.2. The van der Waals surface area contributed by atoms with Crippen molar-refractivity contribution in [3.63, 3.8) is 0 Å². The van der Waals surface area contributed by atoms with E-state index in [0.717, 1.165) is 0 Å². The van der Waals surface area contributed by atoms with Gasteiger partial charge in [-0.25, -0.2) is 17.6 Å². The van der Waals surface area contributed by atoms with E-state index in [0.29, 0.717) is 0 Å². The van der Waals surface area contributed by atoms with Crippen LogP contribution in [0.1, 0.15) is 18.1 Å². The van der Waals surface area contributed by atoms with E-state index in [1.54, 1.807) is 0 Å². The summed E-state index contributed by atoms with van der Waals surface area (Å²) in [5.74, 6) is -8.20. The van der Waals surface area contributed by atoms with E-state index < -0.39 is 53.4 Å². The molecule has 1 rings (SSSR count). The third kappa shape index (κ3) is 2.77. The number of carbonyl (C=O) groups is 1. The largest absolute Gasteiger partial charge is 0.390 e. The van der Waals surface area contributed by atoms with Crippen LogP contribution in [0.15, 0.2) is 6.07 Å². The summed E-state index contributed by atoms with van der Waals surface area (Å²) >= 11 is 0. The van der Waals surface area contributed by atoms with Gasteiger partial charge in [0.15, 0.2) is 23.3 Å². The molecule has 1 aromatic carbocycles. The van der Waals surface area contributed by atoms with Crippen LogP contribution >= 0.6 is 0 Å². The zero-order chi connectivity index (χ0) is 14.0. The summed E-state index contributed by atoms with van der Waals surface area (Å²) in [4.78, 5) is 10.5. The fraction of sp³-hybridized carbons (Fsp3) is 0.300. The molecule has 100 valence electrons. The van der Waals surface area contributed by atoms with Crippen molar-refractivity contribution in [3.05, 3.63) is 34.9 Å². The van der Waals surface area contributed by atoms with Crippen molar-refractivity contribution in [2.45, 2.75) is 18.6 Å². The van der Waals surface area contributed by atoms with Gasteiger partial charge in [-0.15, -0.1) is 0 Å². The highest BCUT2D eigenvalue weighted by Gasteiger charge is 2.30. The van der Waals surface area contributed by atoms with Gasteiger partial charge in [0.05, 0.1) is 18.1 Å². The molecule has 4 nitrogen and oxygen atoms in total. The van der Waals surface area contributed by atoms with Crippen LogP contribution in [-0.4, -0.2) is 22.2 Å². The third-order valence-electron chi connectivity index (χ3n) is 2.22. The van der Waals surface area contributed by atoms with E-state index in [1.807, 2.05) is 0 Å². The standard InChI is InChI=1S/C10H9F4NO3/c11-3-1-4(12)9(14)7(8(3)13)10(18)5(16)2-6(15)17/h1,5,10,16,18H,2H2,(H2,15,17). The number of halogens is 4. The molecule has 0 aliphatic heterocycles. The van der Waals surface area contributed by atoms with Gasteiger partial charge >= 0.3 is 0 Å². The molecule has 0 saturated carbocycles. The van der Waals surface area contributed by atoms with Crippen molar-refractivity contribution in [1.29, 1.82) is 0 Å². The van der Waals surface area contributed by atoms with E-state index in [2.05, 4.69) is 0 Å². The summed E-state index contributed by atoms with van der Waals surface area (Å²) in [6.07, 6.45) is -5.12. The number of carbonyl (C=O) groups excluding carboxylic acids is 1. The van der Waals surface area contributed by atoms with Gasteiger partial charge in [-0.3, -0.25) is 4.79 Å². The van der Waals surface area contributed by atoms with Gasteiger partial charge in [0.2, 0.25) is 5.91 Å². The Bertz CT molecular complexity index is 454. The molecule has 0 aliphatic rings. The Labute approximate surface area is 98.6 Å². The van der Waals surface area contributed by atoms with E-state index in [-0.39, 0.29) is 6.07 Å². The summed E-state index contributed by atoms with van der Waals surface area (Å²) in [5.41, 5.74) is 3.31. The highest BCUT2D eigenvalue weighted by Crippen LogP contribution is 2.28. The van der Waals surface area contributed by atoms with Gasteiger partial charge < -0.3 is 15.9 Å². The van der Waals surface area contributed by atoms with Crippen molar-refractivity contribution in [2.75, 3.05) is 0 Å². The average molecular weight is 267 g/mol. The molecule has 0 radical (unpaired) electrons. The van der Waals surface area contributed by atoms with Crippen LogP contribution in [-0.2, 0) is 4.79 Å². The van der Waals surface area contributed by atoms with Crippen LogP contribution < -0.4 is 5.73 Å². The first-order valence-corrected chi connectivity index (χ1v) is 4.73. The Morgan fingerprint density at radius 2 is 1.61 bits per heavy atom. The minimum Gasteiger partial charge on any atom is -0.390 e. The molecule has 0 fully saturated rings. The molecule has 18 heavy (non-hydrogen) atoms. The van der Waals surface area contributed by atoms with E-state index in [9.17, 15) is 32.6 Å². The maximum atomic E-state index is 13.2. The van der Waals surface area contributed by atoms with Gasteiger partial charge in [0, 0.05) is 6.07 Å².